The van der Waals surface area contributed by atoms with Crippen molar-refractivity contribution < 1.29 is 14.9 Å². The van der Waals surface area contributed by atoms with Gasteiger partial charge in [-0.1, -0.05) is 51.1 Å². The summed E-state index contributed by atoms with van der Waals surface area (Å²) in [6.45, 7) is 7.80. The fraction of sp³-hybridized carbons (Fsp3) is 0.647. The molecule has 4 heteroatoms. The van der Waals surface area contributed by atoms with Gasteiger partial charge in [-0.3, -0.25) is 0 Å². The molecule has 0 spiro atoms. The highest BCUT2D eigenvalue weighted by Crippen LogP contribution is 2.21. The van der Waals surface area contributed by atoms with E-state index in [0.717, 1.165) is 5.56 Å². The number of aliphatic hydroxyl groups is 2. The molecule has 0 amide bonds. The first-order chi connectivity index (χ1) is 9.93. The number of ether oxygens (including phenoxy) is 1. The lowest BCUT2D eigenvalue weighted by Gasteiger charge is -2.32. The van der Waals surface area contributed by atoms with Crippen LogP contribution in [0, 0.1) is 5.41 Å². The van der Waals surface area contributed by atoms with Crippen molar-refractivity contribution in [1.29, 1.82) is 0 Å². The second kappa shape index (κ2) is 9.15. The Kier molecular flexibility index (Phi) is 7.89. The third-order valence-corrected chi connectivity index (χ3v) is 3.48. The Morgan fingerprint density at radius 2 is 1.86 bits per heavy atom. The van der Waals surface area contributed by atoms with E-state index in [9.17, 15) is 5.11 Å². The van der Waals surface area contributed by atoms with Gasteiger partial charge in [0.1, 0.15) is 0 Å². The first-order valence-corrected chi connectivity index (χ1v) is 7.57. The molecule has 0 saturated heterocycles. The van der Waals surface area contributed by atoms with Gasteiger partial charge >= 0.3 is 0 Å². The highest BCUT2D eigenvalue weighted by molar-refractivity contribution is 5.13. The van der Waals surface area contributed by atoms with E-state index < -0.39 is 6.10 Å². The molecule has 1 aromatic carbocycles. The van der Waals surface area contributed by atoms with Gasteiger partial charge in [0.05, 0.1) is 19.3 Å². The average molecular weight is 295 g/mol. The van der Waals surface area contributed by atoms with Crippen molar-refractivity contribution in [2.45, 2.75) is 45.9 Å². The Morgan fingerprint density at radius 3 is 2.43 bits per heavy atom. The van der Waals surface area contributed by atoms with Crippen LogP contribution < -0.4 is 5.32 Å². The predicted molar refractivity (Wildman–Crippen MR) is 85.1 cm³/mol. The summed E-state index contributed by atoms with van der Waals surface area (Å²) in [5.74, 6) is 0. The summed E-state index contributed by atoms with van der Waals surface area (Å²) in [5.41, 5.74) is 1.15. The molecule has 0 radical (unpaired) electrons. The summed E-state index contributed by atoms with van der Waals surface area (Å²) in [7, 11) is 0. The Balaban J connectivity index is 2.25. The summed E-state index contributed by atoms with van der Waals surface area (Å²) in [4.78, 5) is 0. The zero-order valence-electron chi connectivity index (χ0n) is 13.4. The van der Waals surface area contributed by atoms with Crippen LogP contribution >= 0.6 is 0 Å². The van der Waals surface area contributed by atoms with Crippen molar-refractivity contribution in [3.8, 4) is 0 Å². The Labute approximate surface area is 128 Å². The predicted octanol–water partition coefficient (Wildman–Crippen LogP) is 1.95. The lowest BCUT2D eigenvalue weighted by Crippen LogP contribution is -2.45. The van der Waals surface area contributed by atoms with E-state index in [2.05, 4.69) is 26.1 Å². The lowest BCUT2D eigenvalue weighted by atomic mass is 9.85. The average Bonchev–Trinajstić information content (AvgIpc) is 2.43. The molecule has 0 aliphatic carbocycles. The highest BCUT2D eigenvalue weighted by atomic mass is 16.5. The summed E-state index contributed by atoms with van der Waals surface area (Å²) in [5, 5.41) is 22.4. The van der Waals surface area contributed by atoms with Crippen molar-refractivity contribution in [3.63, 3.8) is 0 Å². The van der Waals surface area contributed by atoms with Gasteiger partial charge in [-0.2, -0.15) is 0 Å². The Morgan fingerprint density at radius 1 is 1.19 bits per heavy atom. The molecule has 0 aliphatic heterocycles. The second-order valence-corrected chi connectivity index (χ2v) is 6.49. The van der Waals surface area contributed by atoms with Gasteiger partial charge in [0.25, 0.3) is 0 Å². The molecule has 0 aromatic heterocycles. The zero-order chi connectivity index (χ0) is 15.7. The number of rotatable bonds is 9. The topological polar surface area (TPSA) is 61.7 Å². The van der Waals surface area contributed by atoms with Crippen LogP contribution in [0.2, 0.25) is 0 Å². The number of nitrogens with one attached hydrogen (secondary N) is 1. The van der Waals surface area contributed by atoms with E-state index in [0.29, 0.717) is 26.2 Å². The maximum atomic E-state index is 9.96. The molecule has 0 heterocycles. The molecule has 0 aliphatic rings. The quantitative estimate of drug-likeness (QED) is 0.652. The summed E-state index contributed by atoms with van der Waals surface area (Å²) in [6, 6.07) is 10.1. The van der Waals surface area contributed by atoms with Crippen LogP contribution in [-0.4, -0.2) is 42.1 Å². The van der Waals surface area contributed by atoms with Gasteiger partial charge in [-0.25, -0.2) is 0 Å². The van der Waals surface area contributed by atoms with Crippen molar-refractivity contribution in [2.75, 3.05) is 19.8 Å². The van der Waals surface area contributed by atoms with E-state index in [4.69, 9.17) is 9.84 Å². The lowest BCUT2D eigenvalue weighted by molar-refractivity contribution is 0.0247. The van der Waals surface area contributed by atoms with Crippen molar-refractivity contribution in [2.24, 2.45) is 5.41 Å². The van der Waals surface area contributed by atoms with Crippen molar-refractivity contribution >= 4 is 0 Å². The minimum atomic E-state index is -0.544. The number of benzene rings is 1. The fourth-order valence-corrected chi connectivity index (χ4v) is 2.19. The molecule has 120 valence electrons. The minimum Gasteiger partial charge on any atom is -0.396 e. The molecule has 0 fully saturated rings. The standard InChI is InChI=1S/C17H29NO3/c1-17(2,3)16(9-10-19)18-11-15(20)13-21-12-14-7-5-4-6-8-14/h4-8,15-16,18-20H,9-13H2,1-3H3. The summed E-state index contributed by atoms with van der Waals surface area (Å²) >= 11 is 0. The molecule has 1 rings (SSSR count). The Bertz CT molecular complexity index is 375. The largest absolute Gasteiger partial charge is 0.396 e. The fourth-order valence-electron chi connectivity index (χ4n) is 2.19. The van der Waals surface area contributed by atoms with Crippen molar-refractivity contribution in [1.82, 2.24) is 5.32 Å². The van der Waals surface area contributed by atoms with Crippen LogP contribution in [0.1, 0.15) is 32.8 Å². The van der Waals surface area contributed by atoms with Gasteiger partial charge in [-0.05, 0) is 17.4 Å². The molecule has 1 aromatic rings. The number of hydrogen-bond donors (Lipinski definition) is 3. The molecule has 3 N–H and O–H groups in total. The minimum absolute atomic E-state index is 0.0490. The van der Waals surface area contributed by atoms with E-state index >= 15 is 0 Å². The smallest absolute Gasteiger partial charge is 0.0897 e. The third-order valence-electron chi connectivity index (χ3n) is 3.48. The molecule has 4 nitrogen and oxygen atoms in total. The van der Waals surface area contributed by atoms with E-state index in [1.165, 1.54) is 0 Å². The van der Waals surface area contributed by atoms with Crippen LogP contribution in [0.4, 0.5) is 0 Å². The molecule has 2 unspecified atom stereocenters. The maximum Gasteiger partial charge on any atom is 0.0897 e. The van der Waals surface area contributed by atoms with Crippen LogP contribution in [0.3, 0.4) is 0 Å². The first-order valence-electron chi connectivity index (χ1n) is 7.57. The molecular weight excluding hydrogens is 266 g/mol. The third kappa shape index (κ3) is 7.58. The van der Waals surface area contributed by atoms with Gasteiger partial charge in [0.2, 0.25) is 0 Å². The van der Waals surface area contributed by atoms with Crippen LogP contribution in [-0.2, 0) is 11.3 Å². The van der Waals surface area contributed by atoms with Gasteiger partial charge in [0.15, 0.2) is 0 Å². The van der Waals surface area contributed by atoms with Crippen LogP contribution in [0.25, 0.3) is 0 Å². The van der Waals surface area contributed by atoms with E-state index in [1.54, 1.807) is 0 Å². The van der Waals surface area contributed by atoms with Gasteiger partial charge in [0, 0.05) is 19.2 Å². The van der Waals surface area contributed by atoms with Gasteiger partial charge in [-0.15, -0.1) is 0 Å². The normalized spacial score (nSPS) is 14.9. The van der Waals surface area contributed by atoms with E-state index in [-0.39, 0.29) is 18.1 Å². The van der Waals surface area contributed by atoms with Crippen LogP contribution in [0.15, 0.2) is 30.3 Å². The van der Waals surface area contributed by atoms with E-state index in [1.807, 2.05) is 30.3 Å². The Hall–Kier alpha value is -0.940. The van der Waals surface area contributed by atoms with Crippen LogP contribution in [0.5, 0.6) is 0 Å². The van der Waals surface area contributed by atoms with Gasteiger partial charge < -0.3 is 20.3 Å². The molecule has 21 heavy (non-hydrogen) atoms. The number of aliphatic hydroxyl groups excluding tert-OH is 2. The molecule has 2 atom stereocenters. The second-order valence-electron chi connectivity index (χ2n) is 6.49. The molecule has 0 bridgehead atoms. The first kappa shape index (κ1) is 18.1. The molecule has 0 saturated carbocycles. The summed E-state index contributed by atoms with van der Waals surface area (Å²) < 4.78 is 5.52. The molecular formula is C17H29NO3. The summed E-state index contributed by atoms with van der Waals surface area (Å²) in [6.07, 6.45) is 0.137. The monoisotopic (exact) mass is 295 g/mol. The van der Waals surface area contributed by atoms with Crippen molar-refractivity contribution in [3.05, 3.63) is 35.9 Å². The SMILES string of the molecule is CC(C)(C)C(CCO)NCC(O)COCc1ccccc1. The zero-order valence-corrected chi connectivity index (χ0v) is 13.4. The number of hydrogen-bond acceptors (Lipinski definition) is 4. The highest BCUT2D eigenvalue weighted by Gasteiger charge is 2.24. The maximum absolute atomic E-state index is 9.96.